The van der Waals surface area contributed by atoms with Crippen molar-refractivity contribution in [3.05, 3.63) is 17.5 Å². The Bertz CT molecular complexity index is 316. The summed E-state index contributed by atoms with van der Waals surface area (Å²) < 4.78 is 2.06. The zero-order valence-electron chi connectivity index (χ0n) is 9.49. The van der Waals surface area contributed by atoms with Gasteiger partial charge in [-0.25, -0.2) is 0 Å². The number of aryl methyl sites for hydroxylation is 1. The highest BCUT2D eigenvalue weighted by Gasteiger charge is 2.19. The molecule has 2 rings (SSSR count). The number of aromatic nitrogens is 2. The van der Waals surface area contributed by atoms with Gasteiger partial charge in [0, 0.05) is 25.2 Å². The average molecular weight is 225 g/mol. The standard InChI is InChI=1S/C11H19N3S/c1-12-8-10-7-11(14(2)13-10)9-3-5-15-6-4-9/h7,9,12H,3-6,8H2,1-2H3. The van der Waals surface area contributed by atoms with Crippen LogP contribution >= 0.6 is 11.8 Å². The van der Waals surface area contributed by atoms with Gasteiger partial charge in [0.1, 0.15) is 0 Å². The van der Waals surface area contributed by atoms with E-state index >= 15 is 0 Å². The summed E-state index contributed by atoms with van der Waals surface area (Å²) in [6, 6.07) is 2.26. The molecule has 0 unspecified atom stereocenters. The normalized spacial score (nSPS) is 18.3. The van der Waals surface area contributed by atoms with Gasteiger partial charge in [-0.15, -0.1) is 0 Å². The molecule has 0 bridgehead atoms. The number of nitrogens with one attached hydrogen (secondary N) is 1. The zero-order chi connectivity index (χ0) is 10.7. The summed E-state index contributed by atoms with van der Waals surface area (Å²) in [5.74, 6) is 3.34. The van der Waals surface area contributed by atoms with Crippen LogP contribution in [0.1, 0.15) is 30.1 Å². The van der Waals surface area contributed by atoms with E-state index < -0.39 is 0 Å². The largest absolute Gasteiger partial charge is 0.314 e. The first-order valence-corrected chi connectivity index (χ1v) is 6.72. The lowest BCUT2D eigenvalue weighted by Crippen LogP contribution is -2.11. The second kappa shape index (κ2) is 5.03. The van der Waals surface area contributed by atoms with E-state index in [0.29, 0.717) is 0 Å². The molecule has 0 spiro atoms. The van der Waals surface area contributed by atoms with E-state index in [1.54, 1.807) is 0 Å². The fraction of sp³-hybridized carbons (Fsp3) is 0.727. The van der Waals surface area contributed by atoms with Crippen molar-refractivity contribution in [1.29, 1.82) is 0 Å². The third-order valence-electron chi connectivity index (χ3n) is 2.96. The maximum absolute atomic E-state index is 4.52. The summed E-state index contributed by atoms with van der Waals surface area (Å²) in [5.41, 5.74) is 2.58. The van der Waals surface area contributed by atoms with Gasteiger partial charge in [0.2, 0.25) is 0 Å². The lowest BCUT2D eigenvalue weighted by molar-refractivity contribution is 0.568. The topological polar surface area (TPSA) is 29.9 Å². The predicted octanol–water partition coefficient (Wildman–Crippen LogP) is 1.75. The van der Waals surface area contributed by atoms with Crippen molar-refractivity contribution in [2.45, 2.75) is 25.3 Å². The lowest BCUT2D eigenvalue weighted by Gasteiger charge is -2.21. The van der Waals surface area contributed by atoms with Crippen LogP contribution in [0.25, 0.3) is 0 Å². The Balaban J connectivity index is 2.11. The third-order valence-corrected chi connectivity index (χ3v) is 4.01. The molecule has 4 heteroatoms. The Morgan fingerprint density at radius 1 is 1.53 bits per heavy atom. The summed E-state index contributed by atoms with van der Waals surface area (Å²) >= 11 is 2.07. The molecule has 1 aromatic heterocycles. The van der Waals surface area contributed by atoms with Gasteiger partial charge in [-0.2, -0.15) is 16.9 Å². The summed E-state index contributed by atoms with van der Waals surface area (Å²) in [7, 11) is 4.03. The summed E-state index contributed by atoms with van der Waals surface area (Å²) in [4.78, 5) is 0. The predicted molar refractivity (Wildman–Crippen MR) is 65.3 cm³/mol. The molecule has 0 aromatic carbocycles. The second-order valence-corrected chi connectivity index (χ2v) is 5.33. The van der Waals surface area contributed by atoms with Crippen LogP contribution < -0.4 is 5.32 Å². The molecule has 2 heterocycles. The summed E-state index contributed by atoms with van der Waals surface area (Å²) in [6.07, 6.45) is 2.62. The van der Waals surface area contributed by atoms with Crippen molar-refractivity contribution in [3.8, 4) is 0 Å². The Morgan fingerprint density at radius 3 is 2.93 bits per heavy atom. The van der Waals surface area contributed by atoms with Gasteiger partial charge in [0.25, 0.3) is 0 Å². The van der Waals surface area contributed by atoms with Gasteiger partial charge < -0.3 is 5.32 Å². The lowest BCUT2D eigenvalue weighted by atomic mass is 9.98. The van der Waals surface area contributed by atoms with Crippen LogP contribution in [0.15, 0.2) is 6.07 Å². The van der Waals surface area contributed by atoms with Crippen molar-refractivity contribution in [2.24, 2.45) is 7.05 Å². The van der Waals surface area contributed by atoms with Crippen molar-refractivity contribution in [3.63, 3.8) is 0 Å². The maximum atomic E-state index is 4.52. The summed E-state index contributed by atoms with van der Waals surface area (Å²) in [5, 5.41) is 7.67. The smallest absolute Gasteiger partial charge is 0.0765 e. The molecule has 1 N–H and O–H groups in total. The van der Waals surface area contributed by atoms with Crippen LogP contribution in [0.4, 0.5) is 0 Å². The molecule has 3 nitrogen and oxygen atoms in total. The molecule has 1 fully saturated rings. The molecule has 0 aliphatic carbocycles. The van der Waals surface area contributed by atoms with Crippen LogP contribution in [0.5, 0.6) is 0 Å². The summed E-state index contributed by atoms with van der Waals surface area (Å²) in [6.45, 7) is 0.870. The van der Waals surface area contributed by atoms with Crippen LogP contribution in [0.2, 0.25) is 0 Å². The van der Waals surface area contributed by atoms with Gasteiger partial charge in [-0.3, -0.25) is 4.68 Å². The molecular formula is C11H19N3S. The monoisotopic (exact) mass is 225 g/mol. The molecule has 15 heavy (non-hydrogen) atoms. The number of hydrogen-bond acceptors (Lipinski definition) is 3. The molecule has 0 amide bonds. The van der Waals surface area contributed by atoms with Crippen molar-refractivity contribution in [1.82, 2.24) is 15.1 Å². The number of rotatable bonds is 3. The van der Waals surface area contributed by atoms with E-state index in [1.165, 1.54) is 30.0 Å². The van der Waals surface area contributed by atoms with E-state index in [4.69, 9.17) is 0 Å². The van der Waals surface area contributed by atoms with E-state index in [-0.39, 0.29) is 0 Å². The van der Waals surface area contributed by atoms with Crippen molar-refractivity contribution in [2.75, 3.05) is 18.6 Å². The number of thioether (sulfide) groups is 1. The van der Waals surface area contributed by atoms with E-state index in [2.05, 4.69) is 40.0 Å². The highest BCUT2D eigenvalue weighted by molar-refractivity contribution is 7.99. The first kappa shape index (κ1) is 11.0. The quantitative estimate of drug-likeness (QED) is 0.850. The van der Waals surface area contributed by atoms with E-state index in [1.807, 2.05) is 7.05 Å². The van der Waals surface area contributed by atoms with Crippen LogP contribution in [-0.4, -0.2) is 28.3 Å². The SMILES string of the molecule is CNCc1cc(C2CCSCC2)n(C)n1. The van der Waals surface area contributed by atoms with Gasteiger partial charge in [-0.1, -0.05) is 0 Å². The number of hydrogen-bond donors (Lipinski definition) is 1. The molecule has 0 atom stereocenters. The van der Waals surface area contributed by atoms with E-state index in [0.717, 1.165) is 18.2 Å². The molecular weight excluding hydrogens is 206 g/mol. The minimum absolute atomic E-state index is 0.731. The Kier molecular flexibility index (Phi) is 3.70. The van der Waals surface area contributed by atoms with Gasteiger partial charge >= 0.3 is 0 Å². The number of nitrogens with zero attached hydrogens (tertiary/aromatic N) is 2. The minimum atomic E-state index is 0.731. The van der Waals surface area contributed by atoms with Crippen LogP contribution in [0, 0.1) is 0 Å². The van der Waals surface area contributed by atoms with Gasteiger partial charge in [-0.05, 0) is 37.5 Å². The molecule has 1 aliphatic heterocycles. The first-order chi connectivity index (χ1) is 7.31. The molecule has 1 aliphatic rings. The Hall–Kier alpha value is -0.480. The molecule has 0 radical (unpaired) electrons. The highest BCUT2D eigenvalue weighted by atomic mass is 32.2. The first-order valence-electron chi connectivity index (χ1n) is 5.56. The van der Waals surface area contributed by atoms with Gasteiger partial charge in [0.15, 0.2) is 0 Å². The minimum Gasteiger partial charge on any atom is -0.314 e. The second-order valence-electron chi connectivity index (χ2n) is 4.10. The van der Waals surface area contributed by atoms with Crippen LogP contribution in [0.3, 0.4) is 0 Å². The highest BCUT2D eigenvalue weighted by Crippen LogP contribution is 2.31. The average Bonchev–Trinajstić information content (AvgIpc) is 2.61. The molecule has 0 saturated carbocycles. The van der Waals surface area contributed by atoms with Crippen molar-refractivity contribution >= 4 is 11.8 Å². The third kappa shape index (κ3) is 2.55. The molecule has 1 aromatic rings. The maximum Gasteiger partial charge on any atom is 0.0765 e. The van der Waals surface area contributed by atoms with E-state index in [9.17, 15) is 0 Å². The zero-order valence-corrected chi connectivity index (χ0v) is 10.3. The van der Waals surface area contributed by atoms with Crippen molar-refractivity contribution < 1.29 is 0 Å². The fourth-order valence-electron chi connectivity index (χ4n) is 2.19. The van der Waals surface area contributed by atoms with Gasteiger partial charge in [0.05, 0.1) is 5.69 Å². The Labute approximate surface area is 95.6 Å². The molecule has 1 saturated heterocycles. The Morgan fingerprint density at radius 2 is 2.27 bits per heavy atom. The fourth-order valence-corrected chi connectivity index (χ4v) is 3.29. The van der Waals surface area contributed by atoms with Crippen LogP contribution in [-0.2, 0) is 13.6 Å². The molecule has 84 valence electrons.